The van der Waals surface area contributed by atoms with Gasteiger partial charge in [-0.1, -0.05) is 123 Å². The van der Waals surface area contributed by atoms with E-state index < -0.39 is 0 Å². The molecule has 0 bridgehead atoms. The lowest BCUT2D eigenvalue weighted by Crippen LogP contribution is -2.17. The summed E-state index contributed by atoms with van der Waals surface area (Å²) in [7, 11) is 2.17. The van der Waals surface area contributed by atoms with Crippen LogP contribution in [0, 0.1) is 0 Å². The monoisotopic (exact) mass is 696 g/mol. The number of nitrogens with zero attached hydrogens (tertiary/aromatic N) is 2. The number of thiophene rings is 1. The van der Waals surface area contributed by atoms with Crippen LogP contribution in [-0.4, -0.2) is 4.57 Å². The first-order chi connectivity index (χ1) is 26.0. The molecule has 1 aliphatic carbocycles. The van der Waals surface area contributed by atoms with Crippen LogP contribution in [0.1, 0.15) is 25.0 Å². The number of para-hydroxylation sites is 2. The Morgan fingerprint density at radius 1 is 0.491 bits per heavy atom. The van der Waals surface area contributed by atoms with Gasteiger partial charge < -0.3 is 9.47 Å². The lowest BCUT2D eigenvalue weighted by Gasteiger charge is -2.30. The van der Waals surface area contributed by atoms with Gasteiger partial charge in [-0.05, 0) is 93.4 Å². The molecule has 0 saturated carbocycles. The van der Waals surface area contributed by atoms with Crippen molar-refractivity contribution in [3.8, 4) is 22.3 Å². The molecule has 0 spiro atoms. The minimum Gasteiger partial charge on any atom is -0.344 e. The number of aryl methyl sites for hydroxylation is 1. The molecule has 0 aliphatic heterocycles. The molecule has 252 valence electrons. The van der Waals surface area contributed by atoms with Crippen LogP contribution in [0.2, 0.25) is 0 Å². The lowest BCUT2D eigenvalue weighted by atomic mass is 9.81. The first-order valence-electron chi connectivity index (χ1n) is 18.4. The van der Waals surface area contributed by atoms with Crippen LogP contribution in [0.5, 0.6) is 0 Å². The van der Waals surface area contributed by atoms with Gasteiger partial charge >= 0.3 is 0 Å². The largest absolute Gasteiger partial charge is 0.344 e. The highest BCUT2D eigenvalue weighted by Gasteiger charge is 2.38. The molecule has 0 N–H and O–H groups in total. The van der Waals surface area contributed by atoms with E-state index in [0.29, 0.717) is 0 Å². The van der Waals surface area contributed by atoms with Gasteiger partial charge in [-0.25, -0.2) is 0 Å². The normalized spacial score (nSPS) is 13.3. The van der Waals surface area contributed by atoms with Crippen molar-refractivity contribution in [3.63, 3.8) is 0 Å². The van der Waals surface area contributed by atoms with E-state index in [1.165, 1.54) is 91.8 Å². The van der Waals surface area contributed by atoms with Gasteiger partial charge in [-0.15, -0.1) is 11.3 Å². The highest BCUT2D eigenvalue weighted by Crippen LogP contribution is 2.55. The van der Waals surface area contributed by atoms with Crippen LogP contribution in [0.4, 0.5) is 17.1 Å². The standard InChI is InChI=1S/C50H36N2S/c1-50(2)42-28-31(34-20-13-21-39-37-18-10-12-23-47(37)53-49(34)39)24-26-40(42)48-38-19-8-7-16-35(38)46(30-43(48)50)52(32-14-5-4-6-15-32)33-25-27-45-41(29-33)36-17-9-11-22-44(36)51(45)3/h4-30H,1-3H3. The van der Waals surface area contributed by atoms with E-state index in [2.05, 4.69) is 194 Å². The smallest absolute Gasteiger partial charge is 0.0543 e. The van der Waals surface area contributed by atoms with Crippen LogP contribution in [0.25, 0.3) is 75.0 Å². The van der Waals surface area contributed by atoms with Crippen molar-refractivity contribution in [2.24, 2.45) is 7.05 Å². The summed E-state index contributed by atoms with van der Waals surface area (Å²) in [5.41, 5.74) is 13.8. The molecule has 8 aromatic carbocycles. The molecule has 0 radical (unpaired) electrons. The maximum atomic E-state index is 2.49. The molecule has 3 heteroatoms. The van der Waals surface area contributed by atoms with Crippen LogP contribution in [-0.2, 0) is 12.5 Å². The minimum absolute atomic E-state index is 0.213. The molecule has 1 aliphatic rings. The van der Waals surface area contributed by atoms with E-state index in [4.69, 9.17) is 0 Å². The van der Waals surface area contributed by atoms with E-state index >= 15 is 0 Å². The van der Waals surface area contributed by atoms with Crippen molar-refractivity contribution in [2.75, 3.05) is 4.90 Å². The molecule has 0 atom stereocenters. The Bertz CT molecular complexity index is 3110. The summed E-state index contributed by atoms with van der Waals surface area (Å²) < 4.78 is 5.00. The first-order valence-corrected chi connectivity index (χ1v) is 19.2. The Morgan fingerprint density at radius 2 is 1.19 bits per heavy atom. The quantitative estimate of drug-likeness (QED) is 0.178. The van der Waals surface area contributed by atoms with Gasteiger partial charge in [0.1, 0.15) is 0 Å². The second-order valence-electron chi connectivity index (χ2n) is 15.0. The molecule has 0 unspecified atom stereocenters. The molecule has 0 amide bonds. The fourth-order valence-electron chi connectivity index (χ4n) is 9.19. The SMILES string of the molecule is Cn1c2ccccc2c2cc(N(c3ccccc3)c3cc4c(c5ccccc35)-c3ccc(-c5cccc6c5sc5ccccc56)cc3C4(C)C)ccc21. The zero-order chi connectivity index (χ0) is 35.4. The van der Waals surface area contributed by atoms with Crippen molar-refractivity contribution >= 4 is 81.1 Å². The Morgan fingerprint density at radius 3 is 2.04 bits per heavy atom. The van der Waals surface area contributed by atoms with Crippen LogP contribution in [0.3, 0.4) is 0 Å². The van der Waals surface area contributed by atoms with Crippen molar-refractivity contribution in [1.29, 1.82) is 0 Å². The summed E-state index contributed by atoms with van der Waals surface area (Å²) in [5.74, 6) is 0. The van der Waals surface area contributed by atoms with Gasteiger partial charge in [0.25, 0.3) is 0 Å². The molecule has 2 aromatic heterocycles. The van der Waals surface area contributed by atoms with Crippen molar-refractivity contribution in [1.82, 2.24) is 4.57 Å². The number of aromatic nitrogens is 1. The molecule has 0 fully saturated rings. The molecule has 2 heterocycles. The zero-order valence-corrected chi connectivity index (χ0v) is 30.7. The summed E-state index contributed by atoms with van der Waals surface area (Å²) >= 11 is 1.90. The number of rotatable bonds is 4. The predicted molar refractivity (Wildman–Crippen MR) is 229 cm³/mol. The number of hydrogen-bond acceptors (Lipinski definition) is 2. The highest BCUT2D eigenvalue weighted by atomic mass is 32.1. The average Bonchev–Trinajstić information content (AvgIpc) is 3.80. The third-order valence-electron chi connectivity index (χ3n) is 11.8. The number of hydrogen-bond donors (Lipinski definition) is 0. The summed E-state index contributed by atoms with van der Waals surface area (Å²) in [6, 6.07) is 60.8. The molecule has 2 nitrogen and oxygen atoms in total. The topological polar surface area (TPSA) is 8.17 Å². The fraction of sp³-hybridized carbons (Fsp3) is 0.0800. The molecular weight excluding hydrogens is 661 g/mol. The Kier molecular flexibility index (Phi) is 6.42. The Hall–Kier alpha value is -6.16. The molecular formula is C50H36N2S. The first kappa shape index (κ1) is 30.5. The molecule has 11 rings (SSSR count). The van der Waals surface area contributed by atoms with Crippen molar-refractivity contribution in [3.05, 3.63) is 175 Å². The Labute approximate surface area is 312 Å². The zero-order valence-electron chi connectivity index (χ0n) is 29.9. The van der Waals surface area contributed by atoms with Gasteiger partial charge in [0.15, 0.2) is 0 Å². The summed E-state index contributed by atoms with van der Waals surface area (Å²) in [5, 5.41) is 7.75. The third kappa shape index (κ3) is 4.32. The minimum atomic E-state index is -0.213. The molecule has 0 saturated heterocycles. The van der Waals surface area contributed by atoms with Crippen molar-refractivity contribution < 1.29 is 0 Å². The summed E-state index contributed by atoms with van der Waals surface area (Å²) in [4.78, 5) is 2.47. The van der Waals surface area contributed by atoms with Gasteiger partial charge in [-0.3, -0.25) is 0 Å². The predicted octanol–water partition coefficient (Wildman–Crippen LogP) is 14.3. The van der Waals surface area contributed by atoms with Gasteiger partial charge in [0.2, 0.25) is 0 Å². The second kappa shape index (κ2) is 11.2. The highest BCUT2D eigenvalue weighted by molar-refractivity contribution is 7.26. The fourth-order valence-corrected chi connectivity index (χ4v) is 10.4. The maximum Gasteiger partial charge on any atom is 0.0543 e. The van der Waals surface area contributed by atoms with Crippen LogP contribution >= 0.6 is 11.3 Å². The molecule has 10 aromatic rings. The van der Waals surface area contributed by atoms with E-state index in [1.807, 2.05) is 11.3 Å². The van der Waals surface area contributed by atoms with E-state index in [-0.39, 0.29) is 5.41 Å². The third-order valence-corrected chi connectivity index (χ3v) is 13.0. The van der Waals surface area contributed by atoms with Gasteiger partial charge in [-0.2, -0.15) is 0 Å². The number of fused-ring (bicyclic) bond motifs is 11. The summed E-state index contributed by atoms with van der Waals surface area (Å²) in [6.45, 7) is 4.82. The van der Waals surface area contributed by atoms with E-state index in [0.717, 1.165) is 11.4 Å². The van der Waals surface area contributed by atoms with Crippen LogP contribution < -0.4 is 4.90 Å². The molecule has 53 heavy (non-hydrogen) atoms. The lowest BCUT2D eigenvalue weighted by molar-refractivity contribution is 0.661. The average molecular weight is 697 g/mol. The second-order valence-corrected chi connectivity index (χ2v) is 16.0. The Balaban J connectivity index is 1.13. The van der Waals surface area contributed by atoms with Gasteiger partial charge in [0.05, 0.1) is 5.69 Å². The van der Waals surface area contributed by atoms with E-state index in [1.54, 1.807) is 0 Å². The summed E-state index contributed by atoms with van der Waals surface area (Å²) in [6.07, 6.45) is 0. The number of benzene rings is 8. The van der Waals surface area contributed by atoms with E-state index in [9.17, 15) is 0 Å². The number of anilines is 3. The van der Waals surface area contributed by atoms with Crippen LogP contribution in [0.15, 0.2) is 164 Å². The van der Waals surface area contributed by atoms with Crippen molar-refractivity contribution in [2.45, 2.75) is 19.3 Å². The van der Waals surface area contributed by atoms with Gasteiger partial charge in [0, 0.05) is 71.2 Å². The maximum absolute atomic E-state index is 2.49.